The molecule has 190 valence electrons. The quantitative estimate of drug-likeness (QED) is 0.303. The van der Waals surface area contributed by atoms with Crippen molar-refractivity contribution in [3.05, 3.63) is 89.5 Å². The van der Waals surface area contributed by atoms with E-state index in [1.165, 1.54) is 7.11 Å². The second kappa shape index (κ2) is 11.8. The summed E-state index contributed by atoms with van der Waals surface area (Å²) < 4.78 is 10.3. The first-order valence-corrected chi connectivity index (χ1v) is 11.9. The predicted molar refractivity (Wildman–Crippen MR) is 140 cm³/mol. The number of aliphatic hydroxyl groups is 1. The van der Waals surface area contributed by atoms with Crippen molar-refractivity contribution in [1.82, 2.24) is 5.32 Å². The third kappa shape index (κ3) is 7.16. The average molecular weight is 491 g/mol. The third-order valence-corrected chi connectivity index (χ3v) is 5.63. The fraction of sp³-hybridized carbons (Fsp3) is 0.310. The van der Waals surface area contributed by atoms with Gasteiger partial charge in [0.05, 0.1) is 12.7 Å². The van der Waals surface area contributed by atoms with E-state index in [2.05, 4.69) is 5.32 Å². The van der Waals surface area contributed by atoms with Crippen LogP contribution in [0.1, 0.15) is 48.4 Å². The van der Waals surface area contributed by atoms with E-state index < -0.39 is 29.7 Å². The Morgan fingerprint density at radius 1 is 1.00 bits per heavy atom. The average Bonchev–Trinajstić information content (AvgIpc) is 2.85. The van der Waals surface area contributed by atoms with Gasteiger partial charge in [-0.3, -0.25) is 4.79 Å². The Hall–Kier alpha value is -3.68. The number of nitrogens with one attached hydrogen (secondary N) is 1. The van der Waals surface area contributed by atoms with E-state index in [9.17, 15) is 14.7 Å². The summed E-state index contributed by atoms with van der Waals surface area (Å²) in [5, 5.41) is 14.1. The second-order valence-corrected chi connectivity index (χ2v) is 9.56. The highest BCUT2D eigenvalue weighted by atomic mass is 16.6. The Morgan fingerprint density at radius 2 is 1.67 bits per heavy atom. The van der Waals surface area contributed by atoms with Crippen molar-refractivity contribution in [3.63, 3.8) is 0 Å². The zero-order valence-corrected chi connectivity index (χ0v) is 21.2. The van der Waals surface area contributed by atoms with E-state index >= 15 is 0 Å². The molecule has 0 aliphatic rings. The van der Waals surface area contributed by atoms with Crippen molar-refractivity contribution >= 4 is 17.6 Å². The van der Waals surface area contributed by atoms with E-state index in [-0.39, 0.29) is 0 Å². The van der Waals surface area contributed by atoms with Crippen LogP contribution in [0.15, 0.2) is 72.8 Å². The topological polar surface area (TPSA) is 111 Å². The Bertz CT molecular complexity index is 1170. The molecular formula is C29H34N2O5. The predicted octanol–water partition coefficient (Wildman–Crippen LogP) is 4.30. The first-order valence-electron chi connectivity index (χ1n) is 11.9. The Morgan fingerprint density at radius 3 is 2.25 bits per heavy atom. The van der Waals surface area contributed by atoms with Crippen molar-refractivity contribution in [2.45, 2.75) is 44.9 Å². The minimum Gasteiger partial charge on any atom is -0.465 e. The number of nitrogen functional groups attached to an aromatic ring is 1. The number of ether oxygens (including phenoxy) is 2. The molecule has 0 fully saturated rings. The number of nitrogens with two attached hydrogens (primary N) is 1. The molecule has 7 heteroatoms. The zero-order valence-electron chi connectivity index (χ0n) is 21.2. The summed E-state index contributed by atoms with van der Waals surface area (Å²) in [5.41, 5.74) is 9.82. The van der Waals surface area contributed by atoms with Crippen LogP contribution in [0.5, 0.6) is 0 Å². The number of methoxy groups -OCH3 is 1. The molecule has 0 saturated carbocycles. The van der Waals surface area contributed by atoms with Gasteiger partial charge in [0.15, 0.2) is 0 Å². The first kappa shape index (κ1) is 26.9. The molecule has 0 saturated heterocycles. The van der Waals surface area contributed by atoms with Gasteiger partial charge in [0.1, 0.15) is 17.7 Å². The monoisotopic (exact) mass is 490 g/mol. The summed E-state index contributed by atoms with van der Waals surface area (Å²) in [6.07, 6.45) is -0.406. The highest BCUT2D eigenvalue weighted by molar-refractivity contribution is 5.92. The van der Waals surface area contributed by atoms with Gasteiger partial charge >= 0.3 is 11.9 Å². The number of anilines is 1. The van der Waals surface area contributed by atoms with E-state index in [4.69, 9.17) is 15.2 Å². The fourth-order valence-electron chi connectivity index (χ4n) is 3.83. The first-order chi connectivity index (χ1) is 17.1. The summed E-state index contributed by atoms with van der Waals surface area (Å²) in [7, 11) is 1.33. The van der Waals surface area contributed by atoms with E-state index in [1.54, 1.807) is 51.1 Å². The normalized spacial score (nSPS) is 13.0. The minimum atomic E-state index is -1.04. The van der Waals surface area contributed by atoms with Crippen molar-refractivity contribution in [2.75, 3.05) is 19.4 Å². The molecule has 7 nitrogen and oxygen atoms in total. The largest absolute Gasteiger partial charge is 0.465 e. The number of carbonyl (C=O) groups excluding carboxylic acids is 2. The van der Waals surface area contributed by atoms with Gasteiger partial charge in [0.25, 0.3) is 0 Å². The van der Waals surface area contributed by atoms with Crippen molar-refractivity contribution in [3.8, 4) is 11.1 Å². The van der Waals surface area contributed by atoms with Crippen LogP contribution >= 0.6 is 0 Å². The molecule has 3 aromatic carbocycles. The summed E-state index contributed by atoms with van der Waals surface area (Å²) in [6.45, 7) is 5.86. The molecule has 36 heavy (non-hydrogen) atoms. The van der Waals surface area contributed by atoms with Crippen molar-refractivity contribution in [1.29, 1.82) is 0 Å². The number of hydrogen-bond acceptors (Lipinski definition) is 7. The lowest BCUT2D eigenvalue weighted by molar-refractivity contribution is -0.160. The highest BCUT2D eigenvalue weighted by Gasteiger charge is 2.31. The van der Waals surface area contributed by atoms with Crippen LogP contribution in [-0.2, 0) is 20.7 Å². The fourth-order valence-corrected chi connectivity index (χ4v) is 3.83. The third-order valence-electron chi connectivity index (χ3n) is 5.63. The van der Waals surface area contributed by atoms with Gasteiger partial charge in [-0.25, -0.2) is 4.79 Å². The SMILES string of the molecule is COC(=O)c1ccc(-c2ccc(CCNC(C(=O)OC(C)(C)C)[C@H](O)c3ccccc3)cc2)c(N)c1. The van der Waals surface area contributed by atoms with E-state index in [1.807, 2.05) is 42.5 Å². The van der Waals surface area contributed by atoms with Gasteiger partial charge in [-0.2, -0.15) is 0 Å². The molecule has 0 bridgehead atoms. The van der Waals surface area contributed by atoms with Gasteiger partial charge in [-0.15, -0.1) is 0 Å². The molecule has 0 aliphatic carbocycles. The number of hydrogen-bond donors (Lipinski definition) is 3. The van der Waals surface area contributed by atoms with Crippen molar-refractivity contribution in [2.24, 2.45) is 0 Å². The Labute approximate surface area is 212 Å². The van der Waals surface area contributed by atoms with Gasteiger partial charge < -0.3 is 25.6 Å². The van der Waals surface area contributed by atoms with Gasteiger partial charge in [0.2, 0.25) is 0 Å². The lowest BCUT2D eigenvalue weighted by Crippen LogP contribution is -2.46. The number of aliphatic hydroxyl groups excluding tert-OH is 1. The lowest BCUT2D eigenvalue weighted by atomic mass is 9.99. The summed E-state index contributed by atoms with van der Waals surface area (Å²) in [6, 6.07) is 21.2. The van der Waals surface area contributed by atoms with Crippen LogP contribution in [0.25, 0.3) is 11.1 Å². The number of esters is 2. The van der Waals surface area contributed by atoms with Crippen LogP contribution in [-0.4, -0.2) is 42.3 Å². The molecule has 1 unspecified atom stereocenters. The molecule has 3 aromatic rings. The molecular weight excluding hydrogens is 456 g/mol. The summed E-state index contributed by atoms with van der Waals surface area (Å²) >= 11 is 0. The van der Waals surface area contributed by atoms with Crippen LogP contribution < -0.4 is 11.1 Å². The van der Waals surface area contributed by atoms with E-state index in [0.717, 1.165) is 16.7 Å². The molecule has 0 amide bonds. The molecule has 0 heterocycles. The minimum absolute atomic E-state index is 0.402. The molecule has 0 aliphatic heterocycles. The van der Waals surface area contributed by atoms with Gasteiger partial charge in [-0.1, -0.05) is 60.7 Å². The van der Waals surface area contributed by atoms with Crippen LogP contribution in [0.2, 0.25) is 0 Å². The maximum atomic E-state index is 12.8. The summed E-state index contributed by atoms with van der Waals surface area (Å²) in [4.78, 5) is 24.6. The molecule has 0 spiro atoms. The molecule has 2 atom stereocenters. The molecule has 4 N–H and O–H groups in total. The van der Waals surface area contributed by atoms with E-state index in [0.29, 0.717) is 29.8 Å². The second-order valence-electron chi connectivity index (χ2n) is 9.56. The molecule has 3 rings (SSSR count). The highest BCUT2D eigenvalue weighted by Crippen LogP contribution is 2.27. The van der Waals surface area contributed by atoms with Crippen molar-refractivity contribution < 1.29 is 24.2 Å². The number of benzene rings is 3. The number of rotatable bonds is 9. The van der Waals surface area contributed by atoms with Crippen LogP contribution in [0, 0.1) is 0 Å². The van der Waals surface area contributed by atoms with Crippen LogP contribution in [0.3, 0.4) is 0 Å². The summed E-state index contributed by atoms with van der Waals surface area (Å²) in [5.74, 6) is -0.932. The Balaban J connectivity index is 1.67. The molecule has 0 radical (unpaired) electrons. The van der Waals surface area contributed by atoms with Gasteiger partial charge in [0, 0.05) is 17.8 Å². The molecule has 0 aromatic heterocycles. The van der Waals surface area contributed by atoms with Crippen LogP contribution in [0.4, 0.5) is 5.69 Å². The Kier molecular flexibility index (Phi) is 8.85. The zero-order chi connectivity index (χ0) is 26.3. The smallest absolute Gasteiger partial charge is 0.337 e. The maximum Gasteiger partial charge on any atom is 0.337 e. The standard InChI is InChI=1S/C29H34N2O5/c1-29(2,3)36-28(34)25(26(32)21-8-6-5-7-9-21)31-17-16-19-10-12-20(13-11-19)23-15-14-22(18-24(23)30)27(33)35-4/h5-15,18,25-26,31-32H,16-17,30H2,1-4H3/t25?,26-/m1/s1. The number of carbonyl (C=O) groups is 2. The maximum absolute atomic E-state index is 12.8. The lowest BCUT2D eigenvalue weighted by Gasteiger charge is -2.27. The van der Waals surface area contributed by atoms with Gasteiger partial charge in [-0.05, 0) is 56.0 Å².